The van der Waals surface area contributed by atoms with E-state index in [0.717, 1.165) is 252 Å². The molecule has 132 heavy (non-hydrogen) atoms. The van der Waals surface area contributed by atoms with Crippen LogP contribution in [0.3, 0.4) is 0 Å². The van der Waals surface area contributed by atoms with Gasteiger partial charge in [0.05, 0.1) is 78.1 Å². The minimum atomic E-state index is -0.279. The third-order valence-corrected chi connectivity index (χ3v) is 27.3. The van der Waals surface area contributed by atoms with Crippen molar-refractivity contribution in [1.82, 2.24) is 97.9 Å². The highest BCUT2D eigenvalue weighted by Crippen LogP contribution is 2.38. The molecule has 3 aliphatic carbocycles. The Hall–Kier alpha value is -11.0. The summed E-state index contributed by atoms with van der Waals surface area (Å²) in [5, 5.41) is 88.6. The lowest BCUT2D eigenvalue weighted by atomic mass is 9.85. The molecule has 2 aliphatic heterocycles. The van der Waals surface area contributed by atoms with Crippen LogP contribution in [-0.2, 0) is 32.7 Å². The highest BCUT2D eigenvalue weighted by atomic mass is 79.9. The quantitative estimate of drug-likeness (QED) is 0.0217. The van der Waals surface area contributed by atoms with Gasteiger partial charge < -0.3 is 78.5 Å². The van der Waals surface area contributed by atoms with Gasteiger partial charge in [-0.2, -0.15) is 48.1 Å². The lowest BCUT2D eigenvalue weighted by molar-refractivity contribution is 0.178. The number of fused-ring (bicyclic) bond motifs is 5. The summed E-state index contributed by atoms with van der Waals surface area (Å²) in [6, 6.07) is 31.2. The van der Waals surface area contributed by atoms with Crippen molar-refractivity contribution in [3.63, 3.8) is 0 Å². The number of halogens is 5. The lowest BCUT2D eigenvalue weighted by Gasteiger charge is -2.36. The molecule has 4 atom stereocenters. The van der Waals surface area contributed by atoms with Crippen LogP contribution in [0.5, 0.6) is 0 Å². The van der Waals surface area contributed by atoms with Crippen LogP contribution in [0.1, 0.15) is 150 Å². The summed E-state index contributed by atoms with van der Waals surface area (Å²) in [7, 11) is 0. The van der Waals surface area contributed by atoms with Crippen LogP contribution >= 0.6 is 79.6 Å². The van der Waals surface area contributed by atoms with Gasteiger partial charge in [-0.05, 0) is 234 Å². The largest absolute Gasteiger partial charge is 0.396 e. The van der Waals surface area contributed by atoms with Crippen molar-refractivity contribution < 1.29 is 20.4 Å². The zero-order valence-corrected chi connectivity index (χ0v) is 81.0. The molecular formula is C92H110Br5N31O4. The van der Waals surface area contributed by atoms with Gasteiger partial charge in [-0.3, -0.25) is 24.9 Å². The number of pyridine rings is 5. The van der Waals surface area contributed by atoms with Crippen LogP contribution in [0, 0.1) is 5.92 Å². The second kappa shape index (κ2) is 46.1. The van der Waals surface area contributed by atoms with E-state index in [0.29, 0.717) is 50.8 Å². The first kappa shape index (κ1) is 94.3. The Bertz CT molecular complexity index is 6170. The number of aliphatic hydroxyl groups excluding tert-OH is 4. The fraction of sp³-hybridized carbons (Fsp3) is 0.402. The molecule has 0 amide bonds. The first-order valence-corrected chi connectivity index (χ1v) is 49.0. The first-order valence-electron chi connectivity index (χ1n) is 45.0. The van der Waals surface area contributed by atoms with Gasteiger partial charge in [0, 0.05) is 181 Å². The lowest BCUT2D eigenvalue weighted by Crippen LogP contribution is -2.42. The standard InChI is InChI=1S/2C19H23BrN6O.C18H22BrN7.2C18H21BrN6O/c20-16-13-23-26-17(22-12-14-4-3-7-21-11-14)10-18(24-19(16)26)25-8-2-1-5-15(25)6-9-27;20-15-11-23-26-18(22-10-13-4-3-7-21-9-13)8-17(25-19(15)26)24-16-6-2-1-5-14(16)12-27;19-15-11-23-26-17(22-10-12-2-1-7-21-9-12)8-16(25-18(15)26)24-14-5-3-13(20)4-6-14;19-15-11-22-25-16(21-10-13-4-3-6-20-9-13)8-17(23-18(15)25)24-7-2-1-5-14(24)12-26;19-14-11-22-25-16(21-10-13-4-3-7-20-9-13)8-15(23-17(14)25)24-18(12-26)5-1-2-6-18/h3-4,7,10-11,13,15,22,27H,1-2,5-6,8-9,12H2;3-4,7-9,11,14,16,22,27H,1-2,5-6,10,12H2,(H,24,25);1-2,7-9,11,13-14,22H,3-6,10,20H2,(H,24,25);3-4,6,8-9,11,14,21,26H,1-2,5,7,10,12H2;3-4,7-9,11,21,26H,1-2,5-6,10,12H2,(H,23,24)/t;14-,16-;;;/m.1.../s1. The molecule has 15 aromatic heterocycles. The fourth-order valence-electron chi connectivity index (χ4n) is 17.4. The second-order valence-electron chi connectivity index (χ2n) is 33.7. The van der Waals surface area contributed by atoms with Gasteiger partial charge in [0.15, 0.2) is 28.2 Å². The van der Waals surface area contributed by atoms with Crippen LogP contribution < -0.4 is 58.1 Å². The number of rotatable bonds is 28. The van der Waals surface area contributed by atoms with E-state index < -0.39 is 0 Å². The molecule has 0 spiro atoms. The number of aliphatic hydroxyl groups is 4. The molecule has 0 radical (unpaired) electrons. The monoisotopic (exact) mass is 2110 g/mol. The zero-order valence-electron chi connectivity index (χ0n) is 73.1. The first-order chi connectivity index (χ1) is 64.6. The number of nitrogens with one attached hydrogen (secondary N) is 8. The van der Waals surface area contributed by atoms with Gasteiger partial charge in [-0.15, -0.1) is 0 Å². The highest BCUT2D eigenvalue weighted by Gasteiger charge is 2.35. The number of piperidine rings is 2. The van der Waals surface area contributed by atoms with Gasteiger partial charge in [0.1, 0.15) is 58.2 Å². The van der Waals surface area contributed by atoms with E-state index in [4.69, 9.17) is 25.7 Å². The minimum absolute atomic E-state index is 0.110. The van der Waals surface area contributed by atoms with Crippen LogP contribution in [0.4, 0.5) is 58.2 Å². The number of nitrogens with two attached hydrogens (primary N) is 1. The third kappa shape index (κ3) is 24.2. The number of anilines is 10. The molecule has 5 fully saturated rings. The molecule has 40 heteroatoms. The van der Waals surface area contributed by atoms with Gasteiger partial charge in [-0.1, -0.05) is 56.0 Å². The van der Waals surface area contributed by atoms with Crippen LogP contribution in [0.25, 0.3) is 28.2 Å². The van der Waals surface area contributed by atoms with E-state index in [2.05, 4.69) is 193 Å². The van der Waals surface area contributed by atoms with Gasteiger partial charge in [0.25, 0.3) is 0 Å². The predicted molar refractivity (Wildman–Crippen MR) is 532 cm³/mol. The molecule has 14 N–H and O–H groups in total. The molecule has 692 valence electrons. The Morgan fingerprint density at radius 3 is 1.11 bits per heavy atom. The maximum Gasteiger partial charge on any atom is 0.173 e. The van der Waals surface area contributed by atoms with Crippen molar-refractivity contribution in [2.45, 2.75) is 190 Å². The van der Waals surface area contributed by atoms with Crippen molar-refractivity contribution in [2.24, 2.45) is 11.7 Å². The molecule has 2 saturated heterocycles. The number of aromatic nitrogens is 20. The summed E-state index contributed by atoms with van der Waals surface area (Å²) in [5.74, 6) is 8.78. The molecule has 20 rings (SSSR count). The summed E-state index contributed by atoms with van der Waals surface area (Å²) in [5.41, 5.74) is 15.0. The summed E-state index contributed by atoms with van der Waals surface area (Å²) < 4.78 is 13.2. The second-order valence-corrected chi connectivity index (χ2v) is 37.9. The van der Waals surface area contributed by atoms with Crippen LogP contribution in [0.15, 0.2) is 206 Å². The van der Waals surface area contributed by atoms with Crippen molar-refractivity contribution in [3.8, 4) is 0 Å². The van der Waals surface area contributed by atoms with E-state index >= 15 is 0 Å². The summed E-state index contributed by atoms with van der Waals surface area (Å²) in [4.78, 5) is 49.1. The maximum atomic E-state index is 9.89. The normalized spacial score (nSPS) is 18.3. The average Bonchev–Trinajstić information content (AvgIpc) is 1.44. The van der Waals surface area contributed by atoms with Crippen LogP contribution in [0.2, 0.25) is 0 Å². The van der Waals surface area contributed by atoms with Crippen LogP contribution in [-0.4, -0.2) is 194 Å². The van der Waals surface area contributed by atoms with E-state index in [-0.39, 0.29) is 50.0 Å². The Balaban J connectivity index is 0.000000120. The molecule has 5 aliphatic rings. The smallest absolute Gasteiger partial charge is 0.173 e. The Labute approximate surface area is 806 Å². The zero-order chi connectivity index (χ0) is 91.1. The molecule has 2 unspecified atom stereocenters. The van der Waals surface area contributed by atoms with E-state index in [1.807, 2.05) is 125 Å². The van der Waals surface area contributed by atoms with Crippen molar-refractivity contribution in [2.75, 3.05) is 91.9 Å². The van der Waals surface area contributed by atoms with Crippen molar-refractivity contribution >= 4 is 166 Å². The summed E-state index contributed by atoms with van der Waals surface area (Å²) in [6.45, 7) is 5.78. The molecule has 0 aromatic carbocycles. The number of hydrogen-bond donors (Lipinski definition) is 13. The SMILES string of the molecule is NC1CCC(Nc2cc(NCc3cccnc3)n3ncc(Br)c3n2)CC1.OCC1(Nc2cc(NCc3cccnc3)n3ncc(Br)c3n2)CCCC1.OCC1CCCCN1c1cc(NCc2cccnc2)n2ncc(Br)c2n1.OCCC1CCCCN1c1cc(NCc2cccnc2)n2ncc(Br)c2n1.OC[C@H]1CCCC[C@H]1Nc1cc(NCc2cccnc2)n2ncc(Br)c2n1. The third-order valence-electron chi connectivity index (χ3n) is 24.5. The molecular weight excluding hydrogens is 2000 g/mol. The summed E-state index contributed by atoms with van der Waals surface area (Å²) in [6.07, 6.45) is 47.2. The molecule has 17 heterocycles. The van der Waals surface area contributed by atoms with Gasteiger partial charge in [-0.25, -0.2) is 24.9 Å². The van der Waals surface area contributed by atoms with Gasteiger partial charge >= 0.3 is 0 Å². The number of nitrogens with zero attached hydrogens (tertiary/aromatic N) is 22. The minimum Gasteiger partial charge on any atom is -0.396 e. The predicted octanol–water partition coefficient (Wildman–Crippen LogP) is 15.9. The Kier molecular flexibility index (Phi) is 32.9. The Morgan fingerprint density at radius 1 is 0.371 bits per heavy atom. The summed E-state index contributed by atoms with van der Waals surface area (Å²) >= 11 is 17.7. The molecule has 3 saturated carbocycles. The van der Waals surface area contributed by atoms with Crippen molar-refractivity contribution in [3.05, 3.63) is 234 Å². The van der Waals surface area contributed by atoms with Crippen molar-refractivity contribution in [1.29, 1.82) is 0 Å². The highest BCUT2D eigenvalue weighted by molar-refractivity contribution is 9.11. The molecule has 35 nitrogen and oxygen atoms in total. The van der Waals surface area contributed by atoms with E-state index in [1.165, 1.54) is 19.3 Å². The van der Waals surface area contributed by atoms with E-state index in [1.54, 1.807) is 75.5 Å². The molecule has 15 aromatic rings. The average molecular weight is 2110 g/mol. The van der Waals surface area contributed by atoms with Gasteiger partial charge in [0.2, 0.25) is 0 Å². The molecule has 0 bridgehead atoms. The topological polar surface area (TPSA) is 425 Å². The van der Waals surface area contributed by atoms with E-state index in [9.17, 15) is 20.4 Å². The maximum absolute atomic E-state index is 9.89. The Morgan fingerprint density at radius 2 is 0.727 bits per heavy atom. The fourth-order valence-corrected chi connectivity index (χ4v) is 19.2. The number of hydrogen-bond acceptors (Lipinski definition) is 30.